The monoisotopic (exact) mass is 311 g/mol. The van der Waals surface area contributed by atoms with Crippen LogP contribution in [0.5, 0.6) is 0 Å². The predicted molar refractivity (Wildman–Crippen MR) is 95.6 cm³/mol. The minimum Gasteiger partial charge on any atom is -0.367 e. The van der Waals surface area contributed by atoms with Gasteiger partial charge in [0.05, 0.1) is 0 Å². The van der Waals surface area contributed by atoms with E-state index in [0.717, 1.165) is 18.8 Å². The molecule has 0 aliphatic heterocycles. The summed E-state index contributed by atoms with van der Waals surface area (Å²) in [4.78, 5) is 14.4. The first kappa shape index (κ1) is 17.0. The summed E-state index contributed by atoms with van der Waals surface area (Å²) in [5.74, 6) is -0.0828. The van der Waals surface area contributed by atoms with Crippen LogP contribution >= 0.6 is 0 Å². The van der Waals surface area contributed by atoms with Gasteiger partial charge >= 0.3 is 0 Å². The van der Waals surface area contributed by atoms with Crippen molar-refractivity contribution in [1.82, 2.24) is 5.32 Å². The molecule has 122 valence electrons. The van der Waals surface area contributed by atoms with Gasteiger partial charge in [-0.2, -0.15) is 0 Å². The summed E-state index contributed by atoms with van der Waals surface area (Å²) in [6.07, 6.45) is 0. The summed E-state index contributed by atoms with van der Waals surface area (Å²) < 4.78 is 0. The highest BCUT2D eigenvalue weighted by molar-refractivity contribution is 5.94. The third-order valence-corrected chi connectivity index (χ3v) is 3.82. The van der Waals surface area contributed by atoms with Gasteiger partial charge < -0.3 is 16.0 Å². The van der Waals surface area contributed by atoms with E-state index in [0.29, 0.717) is 12.1 Å². The highest BCUT2D eigenvalue weighted by Gasteiger charge is 2.10. The van der Waals surface area contributed by atoms with Gasteiger partial charge in [0.2, 0.25) is 0 Å². The summed E-state index contributed by atoms with van der Waals surface area (Å²) in [7, 11) is 0. The van der Waals surface area contributed by atoms with E-state index in [-0.39, 0.29) is 11.9 Å². The van der Waals surface area contributed by atoms with Crippen molar-refractivity contribution in [2.24, 2.45) is 5.73 Å². The Morgan fingerprint density at radius 1 is 1.13 bits per heavy atom. The van der Waals surface area contributed by atoms with Crippen LogP contribution in [-0.2, 0) is 6.54 Å². The second-order valence-electron chi connectivity index (χ2n) is 5.66. The van der Waals surface area contributed by atoms with E-state index in [1.807, 2.05) is 37.3 Å². The molecule has 0 spiro atoms. The molecule has 4 nitrogen and oxygen atoms in total. The standard InChI is InChI=1S/C19H25N3O/c1-3-22(14-16-7-5-4-6-8-16)18-11-9-17(10-12-18)19(23)21-15(2)13-20/h4-12,15H,3,13-14,20H2,1-2H3,(H,21,23)/t15-/m0/s1. The molecule has 2 aromatic carbocycles. The Morgan fingerprint density at radius 3 is 2.35 bits per heavy atom. The molecule has 0 heterocycles. The third kappa shape index (κ3) is 4.83. The number of amides is 1. The van der Waals surface area contributed by atoms with E-state index < -0.39 is 0 Å². The predicted octanol–water partition coefficient (Wildman–Crippen LogP) is 2.79. The zero-order valence-electron chi connectivity index (χ0n) is 13.8. The fourth-order valence-corrected chi connectivity index (χ4v) is 2.38. The fourth-order valence-electron chi connectivity index (χ4n) is 2.38. The summed E-state index contributed by atoms with van der Waals surface area (Å²) in [5.41, 5.74) is 8.57. The minimum absolute atomic E-state index is 0.0209. The molecule has 2 rings (SSSR count). The largest absolute Gasteiger partial charge is 0.367 e. The molecule has 0 aliphatic carbocycles. The number of nitrogens with two attached hydrogens (primary N) is 1. The Kier molecular flexibility index (Phi) is 6.18. The maximum Gasteiger partial charge on any atom is 0.251 e. The Balaban J connectivity index is 2.06. The zero-order chi connectivity index (χ0) is 16.7. The Morgan fingerprint density at radius 2 is 1.78 bits per heavy atom. The van der Waals surface area contributed by atoms with Crippen LogP contribution in [0.4, 0.5) is 5.69 Å². The van der Waals surface area contributed by atoms with Gasteiger partial charge in [0.25, 0.3) is 5.91 Å². The Labute approximate surface area is 138 Å². The maximum absolute atomic E-state index is 12.1. The quantitative estimate of drug-likeness (QED) is 0.826. The summed E-state index contributed by atoms with van der Waals surface area (Å²) in [6.45, 7) is 6.22. The number of nitrogens with zero attached hydrogens (tertiary/aromatic N) is 1. The molecular formula is C19H25N3O. The molecule has 1 atom stereocenters. The van der Waals surface area contributed by atoms with Crippen LogP contribution < -0.4 is 16.0 Å². The van der Waals surface area contributed by atoms with Crippen LogP contribution in [-0.4, -0.2) is 25.0 Å². The van der Waals surface area contributed by atoms with Crippen LogP contribution in [0.15, 0.2) is 54.6 Å². The van der Waals surface area contributed by atoms with Crippen molar-refractivity contribution in [3.63, 3.8) is 0 Å². The minimum atomic E-state index is -0.0828. The van der Waals surface area contributed by atoms with E-state index in [1.54, 1.807) is 0 Å². The molecule has 0 saturated heterocycles. The van der Waals surface area contributed by atoms with E-state index in [2.05, 4.69) is 41.4 Å². The van der Waals surface area contributed by atoms with Crippen molar-refractivity contribution in [2.75, 3.05) is 18.0 Å². The molecule has 0 unspecified atom stereocenters. The van der Waals surface area contributed by atoms with Gasteiger partial charge in [-0.05, 0) is 43.7 Å². The van der Waals surface area contributed by atoms with Gasteiger partial charge in [-0.15, -0.1) is 0 Å². The zero-order valence-corrected chi connectivity index (χ0v) is 13.8. The van der Waals surface area contributed by atoms with Crippen LogP contribution in [0.2, 0.25) is 0 Å². The lowest BCUT2D eigenvalue weighted by atomic mass is 10.1. The second-order valence-corrected chi connectivity index (χ2v) is 5.66. The van der Waals surface area contributed by atoms with Crippen molar-refractivity contribution >= 4 is 11.6 Å². The summed E-state index contributed by atoms with van der Waals surface area (Å²) in [5, 5.41) is 2.87. The van der Waals surface area contributed by atoms with Crippen molar-refractivity contribution < 1.29 is 4.79 Å². The Bertz CT molecular complexity index is 610. The molecule has 23 heavy (non-hydrogen) atoms. The highest BCUT2D eigenvalue weighted by Crippen LogP contribution is 2.18. The van der Waals surface area contributed by atoms with Gasteiger partial charge in [0.1, 0.15) is 0 Å². The molecule has 0 radical (unpaired) electrons. The molecule has 4 heteroatoms. The third-order valence-electron chi connectivity index (χ3n) is 3.82. The van der Waals surface area contributed by atoms with Gasteiger partial charge in [-0.3, -0.25) is 4.79 Å². The number of nitrogens with one attached hydrogen (secondary N) is 1. The van der Waals surface area contributed by atoms with Crippen molar-refractivity contribution in [2.45, 2.75) is 26.4 Å². The normalized spacial score (nSPS) is 11.8. The van der Waals surface area contributed by atoms with E-state index in [9.17, 15) is 4.79 Å². The molecule has 3 N–H and O–H groups in total. The van der Waals surface area contributed by atoms with Crippen LogP contribution in [0.1, 0.15) is 29.8 Å². The molecule has 0 aliphatic rings. The van der Waals surface area contributed by atoms with Gasteiger partial charge in [-0.25, -0.2) is 0 Å². The topological polar surface area (TPSA) is 58.4 Å². The average molecular weight is 311 g/mol. The van der Waals surface area contributed by atoms with E-state index in [4.69, 9.17) is 5.73 Å². The lowest BCUT2D eigenvalue weighted by Gasteiger charge is -2.23. The lowest BCUT2D eigenvalue weighted by molar-refractivity contribution is 0.0941. The van der Waals surface area contributed by atoms with Gasteiger partial charge in [0.15, 0.2) is 0 Å². The molecule has 0 bridgehead atoms. The highest BCUT2D eigenvalue weighted by atomic mass is 16.1. The van der Waals surface area contributed by atoms with E-state index in [1.165, 1.54) is 5.56 Å². The van der Waals surface area contributed by atoms with Crippen LogP contribution in [0, 0.1) is 0 Å². The van der Waals surface area contributed by atoms with Gasteiger partial charge in [0, 0.05) is 36.9 Å². The van der Waals surface area contributed by atoms with E-state index >= 15 is 0 Å². The molecule has 1 amide bonds. The molecule has 2 aromatic rings. The van der Waals surface area contributed by atoms with Gasteiger partial charge in [-0.1, -0.05) is 30.3 Å². The number of carbonyl (C=O) groups excluding carboxylic acids is 1. The number of benzene rings is 2. The second kappa shape index (κ2) is 8.34. The summed E-state index contributed by atoms with van der Waals surface area (Å²) in [6, 6.07) is 18.1. The van der Waals surface area contributed by atoms with Crippen LogP contribution in [0.3, 0.4) is 0 Å². The number of hydrogen-bond donors (Lipinski definition) is 2. The Hall–Kier alpha value is -2.33. The first-order chi connectivity index (χ1) is 11.1. The number of carbonyl (C=O) groups is 1. The first-order valence-corrected chi connectivity index (χ1v) is 8.04. The maximum atomic E-state index is 12.1. The van der Waals surface area contributed by atoms with Crippen molar-refractivity contribution in [3.05, 3.63) is 65.7 Å². The van der Waals surface area contributed by atoms with Crippen LogP contribution in [0.25, 0.3) is 0 Å². The number of anilines is 1. The SMILES string of the molecule is CCN(Cc1ccccc1)c1ccc(C(=O)N[C@@H](C)CN)cc1. The smallest absolute Gasteiger partial charge is 0.251 e. The summed E-state index contributed by atoms with van der Waals surface area (Å²) >= 11 is 0. The number of hydrogen-bond acceptors (Lipinski definition) is 3. The molecule has 0 fully saturated rings. The first-order valence-electron chi connectivity index (χ1n) is 8.04. The average Bonchev–Trinajstić information content (AvgIpc) is 2.60. The fraction of sp³-hybridized carbons (Fsp3) is 0.316. The van der Waals surface area contributed by atoms with Crippen molar-refractivity contribution in [1.29, 1.82) is 0 Å². The number of rotatable bonds is 7. The van der Waals surface area contributed by atoms with Crippen molar-refractivity contribution in [3.8, 4) is 0 Å². The molecule has 0 aromatic heterocycles. The lowest BCUT2D eigenvalue weighted by Crippen LogP contribution is -2.37. The molecular weight excluding hydrogens is 286 g/mol. The molecule has 0 saturated carbocycles.